The topological polar surface area (TPSA) is 25.8 Å². The summed E-state index contributed by atoms with van der Waals surface area (Å²) in [7, 11) is 0. The Morgan fingerprint density at radius 3 is 1.76 bits per heavy atom. The van der Waals surface area contributed by atoms with Crippen molar-refractivity contribution >= 4 is 45.8 Å². The van der Waals surface area contributed by atoms with Crippen LogP contribution in [0.2, 0.25) is 10.3 Å². The van der Waals surface area contributed by atoms with Gasteiger partial charge in [0, 0.05) is 21.5 Å². The molecule has 0 radical (unpaired) electrons. The molecule has 0 atom stereocenters. The molecule has 2 aromatic heterocycles. The summed E-state index contributed by atoms with van der Waals surface area (Å²) in [5.74, 6) is 0. The van der Waals surface area contributed by atoms with Gasteiger partial charge >= 0.3 is 0 Å². The third kappa shape index (κ3) is 5.61. The van der Waals surface area contributed by atoms with Crippen LogP contribution in [0.15, 0.2) is 67.0 Å². The molecule has 5 heteroatoms. The first-order valence-electron chi connectivity index (χ1n) is 6.09. The van der Waals surface area contributed by atoms with Crippen LogP contribution in [0.4, 0.5) is 0 Å². The van der Waals surface area contributed by atoms with E-state index in [0.717, 1.165) is 14.7 Å². The molecule has 0 fully saturated rings. The van der Waals surface area contributed by atoms with Crippen molar-refractivity contribution in [1.82, 2.24) is 9.97 Å². The molecule has 1 aromatic carbocycles. The monoisotopic (exact) mass is 428 g/mol. The van der Waals surface area contributed by atoms with Crippen molar-refractivity contribution in [3.8, 4) is 11.1 Å². The lowest BCUT2D eigenvalue weighted by Gasteiger charge is -1.99. The standard InChI is InChI=1S/C11H8ClN.C5H3ClIN/c12-11-7-6-10(8-13-11)9-4-2-1-3-5-9;6-5-2-1-4(7)3-8-5/h1-8H;1-3H. The molecule has 0 saturated heterocycles. The first-order valence-corrected chi connectivity index (χ1v) is 7.92. The molecule has 3 aromatic rings. The van der Waals surface area contributed by atoms with E-state index < -0.39 is 0 Å². The Labute approximate surface area is 147 Å². The van der Waals surface area contributed by atoms with Crippen LogP contribution in [0.1, 0.15) is 0 Å². The van der Waals surface area contributed by atoms with Gasteiger partial charge in [-0.2, -0.15) is 0 Å². The minimum absolute atomic E-state index is 0.527. The summed E-state index contributed by atoms with van der Waals surface area (Å²) in [6.07, 6.45) is 3.50. The number of rotatable bonds is 1. The summed E-state index contributed by atoms with van der Waals surface area (Å²) in [6.45, 7) is 0. The normalized spacial score (nSPS) is 9.67. The van der Waals surface area contributed by atoms with E-state index >= 15 is 0 Å². The van der Waals surface area contributed by atoms with E-state index in [-0.39, 0.29) is 0 Å². The summed E-state index contributed by atoms with van der Waals surface area (Å²) >= 11 is 13.4. The van der Waals surface area contributed by atoms with Crippen LogP contribution < -0.4 is 0 Å². The summed E-state index contributed by atoms with van der Waals surface area (Å²) in [6, 6.07) is 17.5. The van der Waals surface area contributed by atoms with E-state index in [1.54, 1.807) is 24.5 Å². The summed E-state index contributed by atoms with van der Waals surface area (Å²) in [5.41, 5.74) is 2.25. The fourth-order valence-electron chi connectivity index (χ4n) is 1.53. The number of aromatic nitrogens is 2. The average Bonchev–Trinajstić information content (AvgIpc) is 2.52. The van der Waals surface area contributed by atoms with Gasteiger partial charge in [-0.3, -0.25) is 0 Å². The molecule has 0 aliphatic heterocycles. The lowest BCUT2D eigenvalue weighted by atomic mass is 10.1. The third-order valence-corrected chi connectivity index (χ3v) is 3.61. The molecule has 2 heterocycles. The molecule has 21 heavy (non-hydrogen) atoms. The maximum Gasteiger partial charge on any atom is 0.129 e. The molecule has 0 spiro atoms. The SMILES string of the molecule is Clc1ccc(-c2ccccc2)cn1.Clc1ccc(I)cn1. The van der Waals surface area contributed by atoms with Gasteiger partial charge in [-0.05, 0) is 52.4 Å². The Balaban J connectivity index is 0.000000173. The quantitative estimate of drug-likeness (QED) is 0.364. The van der Waals surface area contributed by atoms with Crippen LogP contribution in [-0.2, 0) is 0 Å². The first kappa shape index (κ1) is 16.2. The number of hydrogen-bond donors (Lipinski definition) is 0. The average molecular weight is 429 g/mol. The maximum atomic E-state index is 5.69. The second-order valence-corrected chi connectivity index (χ2v) is 6.05. The molecule has 106 valence electrons. The summed E-state index contributed by atoms with van der Waals surface area (Å²) in [4.78, 5) is 7.86. The largest absolute Gasteiger partial charge is 0.244 e. The molecule has 0 saturated carbocycles. The fraction of sp³-hybridized carbons (Fsp3) is 0. The van der Waals surface area contributed by atoms with Gasteiger partial charge in [-0.1, -0.05) is 53.5 Å². The van der Waals surface area contributed by atoms with E-state index in [1.807, 2.05) is 42.5 Å². The molecule has 0 amide bonds. The summed E-state index contributed by atoms with van der Waals surface area (Å²) in [5, 5.41) is 1.07. The Morgan fingerprint density at radius 2 is 1.29 bits per heavy atom. The fourth-order valence-corrected chi connectivity index (χ4v) is 2.08. The van der Waals surface area contributed by atoms with Gasteiger partial charge in [0.05, 0.1) is 0 Å². The van der Waals surface area contributed by atoms with Gasteiger partial charge in [-0.15, -0.1) is 0 Å². The van der Waals surface area contributed by atoms with Crippen LogP contribution in [0.5, 0.6) is 0 Å². The Bertz CT molecular complexity index is 650. The van der Waals surface area contributed by atoms with Crippen LogP contribution in [0.3, 0.4) is 0 Å². The van der Waals surface area contributed by atoms with Crippen molar-refractivity contribution in [1.29, 1.82) is 0 Å². The number of halogens is 3. The third-order valence-electron chi connectivity index (χ3n) is 2.53. The minimum Gasteiger partial charge on any atom is -0.244 e. The zero-order valence-electron chi connectivity index (χ0n) is 10.9. The molecule has 3 rings (SSSR count). The highest BCUT2D eigenvalue weighted by molar-refractivity contribution is 14.1. The molecule has 0 bridgehead atoms. The van der Waals surface area contributed by atoms with Gasteiger partial charge < -0.3 is 0 Å². The second-order valence-electron chi connectivity index (χ2n) is 4.03. The van der Waals surface area contributed by atoms with Crippen molar-refractivity contribution in [3.63, 3.8) is 0 Å². The molecular formula is C16H11Cl2IN2. The van der Waals surface area contributed by atoms with Gasteiger partial charge in [0.15, 0.2) is 0 Å². The minimum atomic E-state index is 0.527. The summed E-state index contributed by atoms with van der Waals surface area (Å²) < 4.78 is 1.10. The maximum absolute atomic E-state index is 5.69. The second kappa shape index (κ2) is 8.32. The zero-order valence-corrected chi connectivity index (χ0v) is 14.5. The van der Waals surface area contributed by atoms with E-state index in [1.165, 1.54) is 0 Å². The zero-order chi connectivity index (χ0) is 15.1. The smallest absolute Gasteiger partial charge is 0.129 e. The lowest BCUT2D eigenvalue weighted by molar-refractivity contribution is 1.31. The van der Waals surface area contributed by atoms with Crippen molar-refractivity contribution in [3.05, 3.63) is 80.9 Å². The van der Waals surface area contributed by atoms with Gasteiger partial charge in [-0.25, -0.2) is 9.97 Å². The van der Waals surface area contributed by atoms with Crippen molar-refractivity contribution in [2.45, 2.75) is 0 Å². The molecular weight excluding hydrogens is 418 g/mol. The van der Waals surface area contributed by atoms with E-state index in [9.17, 15) is 0 Å². The Morgan fingerprint density at radius 1 is 0.667 bits per heavy atom. The highest BCUT2D eigenvalue weighted by Crippen LogP contribution is 2.18. The van der Waals surface area contributed by atoms with Gasteiger partial charge in [0.25, 0.3) is 0 Å². The first-order chi connectivity index (χ1) is 10.1. The molecule has 0 unspecified atom stereocenters. The lowest BCUT2D eigenvalue weighted by Crippen LogP contribution is -1.78. The van der Waals surface area contributed by atoms with Crippen molar-refractivity contribution in [2.24, 2.45) is 0 Å². The van der Waals surface area contributed by atoms with Crippen molar-refractivity contribution in [2.75, 3.05) is 0 Å². The van der Waals surface area contributed by atoms with Crippen LogP contribution in [0, 0.1) is 3.57 Å². The number of hydrogen-bond acceptors (Lipinski definition) is 2. The van der Waals surface area contributed by atoms with Gasteiger partial charge in [0.1, 0.15) is 10.3 Å². The molecule has 0 aliphatic rings. The Kier molecular flexibility index (Phi) is 6.42. The van der Waals surface area contributed by atoms with E-state index in [0.29, 0.717) is 10.3 Å². The predicted molar refractivity (Wildman–Crippen MR) is 96.6 cm³/mol. The van der Waals surface area contributed by atoms with E-state index in [4.69, 9.17) is 23.2 Å². The van der Waals surface area contributed by atoms with Crippen LogP contribution in [-0.4, -0.2) is 9.97 Å². The van der Waals surface area contributed by atoms with E-state index in [2.05, 4.69) is 32.6 Å². The van der Waals surface area contributed by atoms with Crippen LogP contribution >= 0.6 is 45.8 Å². The number of nitrogens with zero attached hydrogens (tertiary/aromatic N) is 2. The predicted octanol–water partition coefficient (Wildman–Crippen LogP) is 5.74. The molecule has 0 N–H and O–H groups in total. The Hall–Kier alpha value is -1.17. The number of benzene rings is 1. The number of pyridine rings is 2. The molecule has 0 aliphatic carbocycles. The van der Waals surface area contributed by atoms with Crippen molar-refractivity contribution < 1.29 is 0 Å². The van der Waals surface area contributed by atoms with Crippen LogP contribution in [0.25, 0.3) is 11.1 Å². The molecule has 2 nitrogen and oxygen atoms in total. The highest BCUT2D eigenvalue weighted by atomic mass is 127. The highest BCUT2D eigenvalue weighted by Gasteiger charge is 1.95. The van der Waals surface area contributed by atoms with Gasteiger partial charge in [0.2, 0.25) is 0 Å².